The van der Waals surface area contributed by atoms with Crippen molar-refractivity contribution in [1.29, 1.82) is 0 Å². The number of carbonyl (C=O) groups is 3. The van der Waals surface area contributed by atoms with Crippen molar-refractivity contribution in [2.75, 3.05) is 20.6 Å². The first kappa shape index (κ1) is 13.4. The molecule has 7 heteroatoms. The summed E-state index contributed by atoms with van der Waals surface area (Å²) in [5.41, 5.74) is 5.33. The lowest BCUT2D eigenvalue weighted by Gasteiger charge is -2.19. The zero-order valence-corrected chi connectivity index (χ0v) is 8.69. The number of aliphatic carboxylic acids is 1. The van der Waals surface area contributed by atoms with Crippen molar-refractivity contribution < 1.29 is 19.5 Å². The van der Waals surface area contributed by atoms with Crippen LogP contribution in [0.2, 0.25) is 0 Å². The van der Waals surface area contributed by atoms with E-state index in [0.29, 0.717) is 0 Å². The molecule has 86 valence electrons. The van der Waals surface area contributed by atoms with E-state index in [0.717, 1.165) is 4.90 Å². The van der Waals surface area contributed by atoms with Gasteiger partial charge >= 0.3 is 5.97 Å². The van der Waals surface area contributed by atoms with E-state index >= 15 is 0 Å². The number of nitrogens with zero attached hydrogens (tertiary/aromatic N) is 1. The highest BCUT2D eigenvalue weighted by Gasteiger charge is 2.21. The molecule has 0 aliphatic carbocycles. The van der Waals surface area contributed by atoms with Crippen LogP contribution in [-0.2, 0) is 14.4 Å². The van der Waals surface area contributed by atoms with Crippen molar-refractivity contribution in [1.82, 2.24) is 10.2 Å². The Labute approximate surface area is 87.2 Å². The van der Waals surface area contributed by atoms with Gasteiger partial charge in [-0.3, -0.25) is 14.4 Å². The Balaban J connectivity index is 4.19. The quantitative estimate of drug-likeness (QED) is 0.492. The summed E-state index contributed by atoms with van der Waals surface area (Å²) in [6, 6.07) is -1.11. The summed E-state index contributed by atoms with van der Waals surface area (Å²) in [4.78, 5) is 33.7. The molecule has 1 atom stereocenters. The molecular weight excluding hydrogens is 202 g/mol. The predicted octanol–water partition coefficient (Wildman–Crippen LogP) is -2.01. The van der Waals surface area contributed by atoms with Crippen LogP contribution in [0.3, 0.4) is 0 Å². The first-order valence-electron chi connectivity index (χ1n) is 4.31. The van der Waals surface area contributed by atoms with Crippen molar-refractivity contribution in [3.8, 4) is 0 Å². The highest BCUT2D eigenvalue weighted by atomic mass is 16.4. The van der Waals surface area contributed by atoms with E-state index in [1.54, 1.807) is 0 Å². The lowest BCUT2D eigenvalue weighted by Crippen LogP contribution is -2.46. The summed E-state index contributed by atoms with van der Waals surface area (Å²) in [5, 5.41) is 10.8. The number of carboxylic acids is 1. The number of rotatable bonds is 5. The monoisotopic (exact) mass is 217 g/mol. The van der Waals surface area contributed by atoms with E-state index in [1.165, 1.54) is 14.1 Å². The van der Waals surface area contributed by atoms with Crippen molar-refractivity contribution >= 4 is 17.8 Å². The van der Waals surface area contributed by atoms with Gasteiger partial charge in [0.05, 0.1) is 19.0 Å². The molecule has 15 heavy (non-hydrogen) atoms. The first-order valence-corrected chi connectivity index (χ1v) is 4.31. The van der Waals surface area contributed by atoms with Crippen LogP contribution in [0.15, 0.2) is 0 Å². The van der Waals surface area contributed by atoms with Crippen LogP contribution in [-0.4, -0.2) is 54.5 Å². The molecule has 2 amide bonds. The Morgan fingerprint density at radius 2 is 2.00 bits per heavy atom. The first-order chi connectivity index (χ1) is 6.88. The molecule has 0 saturated heterocycles. The van der Waals surface area contributed by atoms with Gasteiger partial charge in [-0.1, -0.05) is 0 Å². The van der Waals surface area contributed by atoms with Gasteiger partial charge in [0, 0.05) is 14.1 Å². The van der Waals surface area contributed by atoms with Gasteiger partial charge in [0.15, 0.2) is 0 Å². The van der Waals surface area contributed by atoms with Gasteiger partial charge in [-0.2, -0.15) is 0 Å². The topological polar surface area (TPSA) is 113 Å². The Morgan fingerprint density at radius 1 is 1.47 bits per heavy atom. The molecule has 1 unspecified atom stereocenters. The molecule has 0 aliphatic rings. The van der Waals surface area contributed by atoms with E-state index in [4.69, 9.17) is 10.8 Å². The zero-order chi connectivity index (χ0) is 12.0. The second kappa shape index (κ2) is 5.97. The molecule has 0 spiro atoms. The van der Waals surface area contributed by atoms with E-state index in [9.17, 15) is 14.4 Å². The number of hydrogen-bond acceptors (Lipinski definition) is 4. The average Bonchev–Trinajstić information content (AvgIpc) is 2.15. The highest BCUT2D eigenvalue weighted by molar-refractivity contribution is 5.89. The minimum absolute atomic E-state index is 0.136. The van der Waals surface area contributed by atoms with E-state index in [1.807, 2.05) is 0 Å². The smallest absolute Gasteiger partial charge is 0.305 e. The maximum absolute atomic E-state index is 11.4. The number of likely N-dealkylation sites (N-methyl/N-ethyl adjacent to an activating group) is 2. The lowest BCUT2D eigenvalue weighted by atomic mass is 10.2. The van der Waals surface area contributed by atoms with Crippen LogP contribution in [0.4, 0.5) is 0 Å². The third-order valence-corrected chi connectivity index (χ3v) is 1.75. The van der Waals surface area contributed by atoms with Gasteiger partial charge in [-0.05, 0) is 0 Å². The fraction of sp³-hybridized carbons (Fsp3) is 0.625. The van der Waals surface area contributed by atoms with Crippen LogP contribution < -0.4 is 11.1 Å². The predicted molar refractivity (Wildman–Crippen MR) is 51.9 cm³/mol. The molecular formula is C8H15N3O4. The van der Waals surface area contributed by atoms with Crippen molar-refractivity contribution in [3.05, 3.63) is 0 Å². The van der Waals surface area contributed by atoms with Crippen molar-refractivity contribution in [2.24, 2.45) is 5.73 Å². The SMILES string of the molecule is CNC(=O)CN(C)C(=O)C(N)CC(=O)O. The molecule has 0 rings (SSSR count). The molecule has 0 aromatic rings. The fourth-order valence-electron chi connectivity index (χ4n) is 0.931. The zero-order valence-electron chi connectivity index (χ0n) is 8.69. The highest BCUT2D eigenvalue weighted by Crippen LogP contribution is 1.95. The van der Waals surface area contributed by atoms with E-state index in [-0.39, 0.29) is 12.5 Å². The lowest BCUT2D eigenvalue weighted by molar-refractivity contribution is -0.142. The number of carbonyl (C=O) groups excluding carboxylic acids is 2. The summed E-state index contributed by atoms with van der Waals surface area (Å²) < 4.78 is 0. The van der Waals surface area contributed by atoms with E-state index < -0.39 is 24.3 Å². The molecule has 0 fully saturated rings. The normalized spacial score (nSPS) is 11.7. The van der Waals surface area contributed by atoms with Gasteiger partial charge in [0.1, 0.15) is 0 Å². The molecule has 0 aliphatic heterocycles. The summed E-state index contributed by atoms with van der Waals surface area (Å²) in [6.07, 6.45) is -0.448. The maximum Gasteiger partial charge on any atom is 0.305 e. The average molecular weight is 217 g/mol. The summed E-state index contributed by atoms with van der Waals surface area (Å²) in [7, 11) is 2.83. The third kappa shape index (κ3) is 4.96. The molecule has 0 heterocycles. The second-order valence-electron chi connectivity index (χ2n) is 3.07. The molecule has 0 bridgehead atoms. The Morgan fingerprint density at radius 3 is 2.40 bits per heavy atom. The number of carboxylic acid groups (broad SMARTS) is 1. The maximum atomic E-state index is 11.4. The number of nitrogens with one attached hydrogen (secondary N) is 1. The number of nitrogens with two attached hydrogens (primary N) is 1. The van der Waals surface area contributed by atoms with Gasteiger partial charge in [-0.25, -0.2) is 0 Å². The fourth-order valence-corrected chi connectivity index (χ4v) is 0.931. The summed E-state index contributed by atoms with van der Waals surface area (Å²) >= 11 is 0. The van der Waals surface area contributed by atoms with Crippen LogP contribution >= 0.6 is 0 Å². The molecule has 0 aromatic carbocycles. The summed E-state index contributed by atoms with van der Waals surface area (Å²) in [6.45, 7) is -0.136. The Hall–Kier alpha value is -1.63. The van der Waals surface area contributed by atoms with Gasteiger partial charge in [0.2, 0.25) is 11.8 Å². The standard InChI is InChI=1S/C8H15N3O4/c1-10-6(12)4-11(2)8(15)5(9)3-7(13)14/h5H,3-4,9H2,1-2H3,(H,10,12)(H,13,14). The minimum Gasteiger partial charge on any atom is -0.481 e. The summed E-state index contributed by atoms with van der Waals surface area (Å²) in [5.74, 6) is -2.06. The second-order valence-corrected chi connectivity index (χ2v) is 3.07. The number of hydrogen-bond donors (Lipinski definition) is 3. The third-order valence-electron chi connectivity index (χ3n) is 1.75. The molecule has 7 nitrogen and oxygen atoms in total. The van der Waals surface area contributed by atoms with Crippen LogP contribution in [0.5, 0.6) is 0 Å². The molecule has 4 N–H and O–H groups in total. The van der Waals surface area contributed by atoms with E-state index in [2.05, 4.69) is 5.32 Å². The van der Waals surface area contributed by atoms with Gasteiger partial charge in [-0.15, -0.1) is 0 Å². The van der Waals surface area contributed by atoms with Crippen molar-refractivity contribution in [3.63, 3.8) is 0 Å². The van der Waals surface area contributed by atoms with Gasteiger partial charge in [0.25, 0.3) is 0 Å². The molecule has 0 aromatic heterocycles. The van der Waals surface area contributed by atoms with Crippen molar-refractivity contribution in [2.45, 2.75) is 12.5 Å². The Bertz CT molecular complexity index is 267. The van der Waals surface area contributed by atoms with Crippen LogP contribution in [0.1, 0.15) is 6.42 Å². The van der Waals surface area contributed by atoms with Gasteiger partial charge < -0.3 is 21.1 Å². The number of amides is 2. The largest absolute Gasteiger partial charge is 0.481 e. The molecule has 0 radical (unpaired) electrons. The molecule has 0 saturated carbocycles. The van der Waals surface area contributed by atoms with Crippen LogP contribution in [0.25, 0.3) is 0 Å². The Kier molecular flexibility index (Phi) is 5.32. The minimum atomic E-state index is -1.15. The van der Waals surface area contributed by atoms with Crippen LogP contribution in [0, 0.1) is 0 Å².